The number of hydrogen-bond acceptors (Lipinski definition) is 3. The predicted molar refractivity (Wildman–Crippen MR) is 83.1 cm³/mol. The van der Waals surface area contributed by atoms with Gasteiger partial charge >= 0.3 is 0 Å². The quantitative estimate of drug-likeness (QED) is 0.916. The van der Waals surface area contributed by atoms with E-state index in [-0.39, 0.29) is 0 Å². The average Bonchev–Trinajstić information content (AvgIpc) is 2.36. The summed E-state index contributed by atoms with van der Waals surface area (Å²) in [5.74, 6) is 0. The van der Waals surface area contributed by atoms with Crippen LogP contribution in [0.25, 0.3) is 0 Å². The van der Waals surface area contributed by atoms with Crippen molar-refractivity contribution in [2.24, 2.45) is 0 Å². The highest BCUT2D eigenvalue weighted by molar-refractivity contribution is 6.30. The van der Waals surface area contributed by atoms with Crippen molar-refractivity contribution >= 4 is 17.3 Å². The van der Waals surface area contributed by atoms with E-state index < -0.39 is 0 Å². The van der Waals surface area contributed by atoms with Crippen molar-refractivity contribution in [1.82, 2.24) is 9.80 Å². The number of piperazine rings is 1. The van der Waals surface area contributed by atoms with Crippen LogP contribution in [-0.2, 0) is 0 Å². The summed E-state index contributed by atoms with van der Waals surface area (Å²) in [6.07, 6.45) is 0. The van der Waals surface area contributed by atoms with Crippen molar-refractivity contribution in [2.45, 2.75) is 25.9 Å². The van der Waals surface area contributed by atoms with Gasteiger partial charge in [-0.25, -0.2) is 0 Å². The largest absolute Gasteiger partial charge is 0.384 e. The van der Waals surface area contributed by atoms with Crippen molar-refractivity contribution in [2.75, 3.05) is 38.5 Å². The van der Waals surface area contributed by atoms with Crippen LogP contribution in [0.2, 0.25) is 5.02 Å². The molecule has 1 aromatic rings. The van der Waals surface area contributed by atoms with Gasteiger partial charge in [0.2, 0.25) is 0 Å². The number of benzene rings is 1. The first-order valence-electron chi connectivity index (χ1n) is 7.00. The Hall–Kier alpha value is -0.770. The molecule has 1 aromatic carbocycles. The van der Waals surface area contributed by atoms with Gasteiger partial charge in [-0.2, -0.15) is 0 Å². The molecule has 0 saturated carbocycles. The standard InChI is InChI=1S/C15H24ClN3/c1-12-10-19(11-13(2)18(12)3)8-7-17-15-6-4-5-14(16)9-15/h4-6,9,12-13,17H,7-8,10-11H2,1-3H3. The van der Waals surface area contributed by atoms with E-state index in [4.69, 9.17) is 11.6 Å². The molecule has 0 radical (unpaired) electrons. The lowest BCUT2D eigenvalue weighted by Gasteiger charge is -2.42. The van der Waals surface area contributed by atoms with Gasteiger partial charge in [-0.3, -0.25) is 9.80 Å². The fourth-order valence-electron chi connectivity index (χ4n) is 2.65. The van der Waals surface area contributed by atoms with Crippen LogP contribution in [0.1, 0.15) is 13.8 Å². The third kappa shape index (κ3) is 4.10. The van der Waals surface area contributed by atoms with Crippen molar-refractivity contribution in [1.29, 1.82) is 0 Å². The fourth-order valence-corrected chi connectivity index (χ4v) is 2.84. The van der Waals surface area contributed by atoms with Gasteiger partial charge in [0.25, 0.3) is 0 Å². The van der Waals surface area contributed by atoms with Crippen molar-refractivity contribution in [3.63, 3.8) is 0 Å². The summed E-state index contributed by atoms with van der Waals surface area (Å²) in [5.41, 5.74) is 1.10. The molecule has 1 saturated heterocycles. The zero-order valence-electron chi connectivity index (χ0n) is 12.1. The Morgan fingerprint density at radius 3 is 2.58 bits per heavy atom. The second-order valence-corrected chi connectivity index (χ2v) is 6.00. The van der Waals surface area contributed by atoms with Crippen LogP contribution in [0.5, 0.6) is 0 Å². The molecule has 0 bridgehead atoms. The number of nitrogens with one attached hydrogen (secondary N) is 1. The van der Waals surface area contributed by atoms with Crippen LogP contribution in [-0.4, -0.2) is 55.1 Å². The normalized spacial score (nSPS) is 25.5. The van der Waals surface area contributed by atoms with E-state index in [1.54, 1.807) is 0 Å². The Bertz CT molecular complexity index is 398. The first kappa shape index (κ1) is 14.6. The van der Waals surface area contributed by atoms with Crippen molar-refractivity contribution in [3.05, 3.63) is 29.3 Å². The molecule has 2 rings (SSSR count). The molecule has 1 heterocycles. The van der Waals surface area contributed by atoms with Gasteiger partial charge in [0.15, 0.2) is 0 Å². The highest BCUT2D eigenvalue weighted by Crippen LogP contribution is 2.15. The zero-order valence-corrected chi connectivity index (χ0v) is 12.8. The highest BCUT2D eigenvalue weighted by Gasteiger charge is 2.25. The molecule has 106 valence electrons. The monoisotopic (exact) mass is 281 g/mol. The molecule has 2 atom stereocenters. The Morgan fingerprint density at radius 2 is 1.95 bits per heavy atom. The Balaban J connectivity index is 1.77. The maximum atomic E-state index is 5.97. The van der Waals surface area contributed by atoms with Gasteiger partial charge in [0.05, 0.1) is 0 Å². The number of rotatable bonds is 4. The number of nitrogens with zero attached hydrogens (tertiary/aromatic N) is 2. The van der Waals surface area contributed by atoms with E-state index >= 15 is 0 Å². The summed E-state index contributed by atoms with van der Waals surface area (Å²) in [4.78, 5) is 4.99. The molecule has 4 heteroatoms. The molecule has 1 aliphatic heterocycles. The smallest absolute Gasteiger partial charge is 0.0426 e. The maximum Gasteiger partial charge on any atom is 0.0426 e. The number of likely N-dealkylation sites (N-methyl/N-ethyl adjacent to an activating group) is 1. The second-order valence-electron chi connectivity index (χ2n) is 5.56. The molecule has 1 N–H and O–H groups in total. The number of halogens is 1. The summed E-state index contributed by atoms with van der Waals surface area (Å²) in [7, 11) is 2.22. The van der Waals surface area contributed by atoms with E-state index in [1.165, 1.54) is 0 Å². The minimum absolute atomic E-state index is 0.634. The first-order valence-corrected chi connectivity index (χ1v) is 7.38. The van der Waals surface area contributed by atoms with Crippen LogP contribution in [0, 0.1) is 0 Å². The molecule has 0 aromatic heterocycles. The number of hydrogen-bond donors (Lipinski definition) is 1. The zero-order chi connectivity index (χ0) is 13.8. The molecular formula is C15H24ClN3. The van der Waals surface area contributed by atoms with E-state index in [0.717, 1.165) is 36.9 Å². The average molecular weight is 282 g/mol. The lowest BCUT2D eigenvalue weighted by Crippen LogP contribution is -2.55. The predicted octanol–water partition coefficient (Wildman–Crippen LogP) is 2.78. The lowest BCUT2D eigenvalue weighted by atomic mass is 10.1. The van der Waals surface area contributed by atoms with Crippen LogP contribution in [0.15, 0.2) is 24.3 Å². The summed E-state index contributed by atoms with van der Waals surface area (Å²) in [5, 5.41) is 4.22. The molecule has 0 spiro atoms. The van der Waals surface area contributed by atoms with Gasteiger partial charge in [0.1, 0.15) is 0 Å². The van der Waals surface area contributed by atoms with E-state index in [2.05, 4.69) is 42.1 Å². The molecule has 0 amide bonds. The SMILES string of the molecule is CC1CN(CCNc2cccc(Cl)c2)CC(C)N1C. The van der Waals surface area contributed by atoms with Crippen LogP contribution in [0.3, 0.4) is 0 Å². The summed E-state index contributed by atoms with van der Waals surface area (Å²) in [6, 6.07) is 9.17. The van der Waals surface area contributed by atoms with Gasteiger partial charge in [-0.05, 0) is 39.1 Å². The van der Waals surface area contributed by atoms with E-state index in [1.807, 2.05) is 18.2 Å². The van der Waals surface area contributed by atoms with E-state index in [0.29, 0.717) is 12.1 Å². The fraction of sp³-hybridized carbons (Fsp3) is 0.600. The van der Waals surface area contributed by atoms with Crippen LogP contribution >= 0.6 is 11.6 Å². The summed E-state index contributed by atoms with van der Waals surface area (Å²) in [6.45, 7) is 8.94. The topological polar surface area (TPSA) is 18.5 Å². The molecule has 1 aliphatic rings. The molecule has 3 nitrogen and oxygen atoms in total. The first-order chi connectivity index (χ1) is 9.06. The molecule has 19 heavy (non-hydrogen) atoms. The summed E-state index contributed by atoms with van der Waals surface area (Å²) < 4.78 is 0. The summed E-state index contributed by atoms with van der Waals surface area (Å²) >= 11 is 5.97. The van der Waals surface area contributed by atoms with Crippen LogP contribution in [0.4, 0.5) is 5.69 Å². The van der Waals surface area contributed by atoms with Crippen LogP contribution < -0.4 is 5.32 Å². The van der Waals surface area contributed by atoms with Gasteiger partial charge < -0.3 is 5.32 Å². The van der Waals surface area contributed by atoms with Gasteiger partial charge in [-0.1, -0.05) is 17.7 Å². The third-order valence-electron chi connectivity index (χ3n) is 4.02. The lowest BCUT2D eigenvalue weighted by molar-refractivity contribution is 0.0626. The maximum absolute atomic E-state index is 5.97. The molecular weight excluding hydrogens is 258 g/mol. The van der Waals surface area contributed by atoms with Crippen molar-refractivity contribution in [3.8, 4) is 0 Å². The highest BCUT2D eigenvalue weighted by atomic mass is 35.5. The molecule has 0 aliphatic carbocycles. The Morgan fingerprint density at radius 1 is 1.26 bits per heavy atom. The molecule has 1 fully saturated rings. The third-order valence-corrected chi connectivity index (χ3v) is 4.25. The van der Waals surface area contributed by atoms with E-state index in [9.17, 15) is 0 Å². The minimum atomic E-state index is 0.634. The minimum Gasteiger partial charge on any atom is -0.384 e. The molecule has 2 unspecified atom stereocenters. The van der Waals surface area contributed by atoms with Gasteiger partial charge in [-0.15, -0.1) is 0 Å². The Kier molecular flexibility index (Phi) is 5.08. The van der Waals surface area contributed by atoms with Crippen molar-refractivity contribution < 1.29 is 0 Å². The number of anilines is 1. The van der Waals surface area contributed by atoms with Gasteiger partial charge in [0, 0.05) is 49.0 Å². The second kappa shape index (κ2) is 6.60. The Labute approximate surface area is 121 Å².